The molecule has 0 radical (unpaired) electrons. The van der Waals surface area contributed by atoms with E-state index in [0.717, 1.165) is 9.32 Å². The van der Waals surface area contributed by atoms with Gasteiger partial charge < -0.3 is 16.8 Å². The van der Waals surface area contributed by atoms with Crippen molar-refractivity contribution in [3.63, 3.8) is 0 Å². The predicted octanol–water partition coefficient (Wildman–Crippen LogP) is 3.33. The van der Waals surface area contributed by atoms with E-state index in [2.05, 4.69) is 37.9 Å². The van der Waals surface area contributed by atoms with Crippen LogP contribution in [-0.4, -0.2) is 21.8 Å². The fraction of sp³-hybridized carbons (Fsp3) is 0.235. The molecule has 1 aliphatic heterocycles. The van der Waals surface area contributed by atoms with Gasteiger partial charge in [-0.15, -0.1) is 0 Å². The predicted molar refractivity (Wildman–Crippen MR) is 112 cm³/mol. The lowest BCUT2D eigenvalue weighted by molar-refractivity contribution is 0.102. The van der Waals surface area contributed by atoms with Crippen LogP contribution in [0.25, 0.3) is 0 Å². The van der Waals surface area contributed by atoms with E-state index < -0.39 is 11.4 Å². The second-order valence-corrected chi connectivity index (χ2v) is 8.42. The Kier molecular flexibility index (Phi) is 5.37. The average Bonchev–Trinajstić information content (AvgIpc) is 2.56. The topological polar surface area (TPSA) is 106 Å². The van der Waals surface area contributed by atoms with Crippen LogP contribution in [0, 0.1) is 9.39 Å². The van der Waals surface area contributed by atoms with Crippen LogP contribution in [0.1, 0.15) is 29.4 Å². The number of amidine groups is 1. The summed E-state index contributed by atoms with van der Waals surface area (Å²) in [4.78, 5) is 20.9. The van der Waals surface area contributed by atoms with Gasteiger partial charge >= 0.3 is 0 Å². The smallest absolute Gasteiger partial charge is 0.276 e. The molecule has 1 aromatic heterocycles. The summed E-state index contributed by atoms with van der Waals surface area (Å²) in [7, 11) is 0. The van der Waals surface area contributed by atoms with Crippen LogP contribution >= 0.6 is 34.4 Å². The number of hydrogen-bond donors (Lipinski definition) is 3. The number of anilines is 2. The number of nitrogens with one attached hydrogen (secondary N) is 1. The van der Waals surface area contributed by atoms with Crippen LogP contribution < -0.4 is 16.8 Å². The SMILES string of the molecule is CC1(c2cc(NC(=O)c3ncc(I)cc3N)ccc2F)CCSC(N)=N1. The lowest BCUT2D eigenvalue weighted by Crippen LogP contribution is -2.30. The number of pyridine rings is 1. The first-order chi connectivity index (χ1) is 12.3. The van der Waals surface area contributed by atoms with Crippen molar-refractivity contribution in [2.45, 2.75) is 18.9 Å². The van der Waals surface area contributed by atoms with E-state index in [-0.39, 0.29) is 17.2 Å². The lowest BCUT2D eigenvalue weighted by Gasteiger charge is -2.30. The number of nitrogen functional groups attached to an aromatic ring is 1. The molecule has 1 unspecified atom stereocenters. The number of aromatic nitrogens is 1. The number of nitrogens with zero attached hydrogens (tertiary/aromatic N) is 2. The van der Waals surface area contributed by atoms with Crippen molar-refractivity contribution in [3.05, 3.63) is 51.1 Å². The van der Waals surface area contributed by atoms with E-state index in [1.807, 2.05) is 6.92 Å². The third kappa shape index (κ3) is 3.93. The van der Waals surface area contributed by atoms with Gasteiger partial charge in [0.15, 0.2) is 10.9 Å². The van der Waals surface area contributed by atoms with Crippen LogP contribution in [0.5, 0.6) is 0 Å². The van der Waals surface area contributed by atoms with Crippen LogP contribution in [0.15, 0.2) is 35.5 Å². The van der Waals surface area contributed by atoms with Crippen LogP contribution in [0.4, 0.5) is 15.8 Å². The molecule has 26 heavy (non-hydrogen) atoms. The number of carbonyl (C=O) groups is 1. The first-order valence-electron chi connectivity index (χ1n) is 7.79. The number of benzene rings is 1. The number of amides is 1. The van der Waals surface area contributed by atoms with Crippen molar-refractivity contribution >= 4 is 56.8 Å². The second-order valence-electron chi connectivity index (χ2n) is 6.06. The Balaban J connectivity index is 1.90. The van der Waals surface area contributed by atoms with Crippen molar-refractivity contribution in [1.29, 1.82) is 0 Å². The quantitative estimate of drug-likeness (QED) is 0.579. The maximum Gasteiger partial charge on any atom is 0.276 e. The number of carbonyl (C=O) groups excluding carboxylic acids is 1. The molecule has 6 nitrogen and oxygen atoms in total. The van der Waals surface area contributed by atoms with Gasteiger partial charge in [0.2, 0.25) is 0 Å². The Labute approximate surface area is 168 Å². The molecule has 0 fully saturated rings. The van der Waals surface area contributed by atoms with Crippen molar-refractivity contribution in [2.75, 3.05) is 16.8 Å². The summed E-state index contributed by atoms with van der Waals surface area (Å²) in [5.41, 5.74) is 12.2. The third-order valence-electron chi connectivity index (χ3n) is 4.10. The number of rotatable bonds is 3. The number of halogens is 2. The maximum absolute atomic E-state index is 14.4. The van der Waals surface area contributed by atoms with Gasteiger partial charge in [0, 0.05) is 26.8 Å². The van der Waals surface area contributed by atoms with Gasteiger partial charge in [0.25, 0.3) is 5.91 Å². The van der Waals surface area contributed by atoms with Crippen molar-refractivity contribution < 1.29 is 9.18 Å². The van der Waals surface area contributed by atoms with Gasteiger partial charge in [-0.2, -0.15) is 0 Å². The summed E-state index contributed by atoms with van der Waals surface area (Å²) in [6.07, 6.45) is 2.21. The van der Waals surface area contributed by atoms with Crippen molar-refractivity contribution in [1.82, 2.24) is 4.98 Å². The van der Waals surface area contributed by atoms with Gasteiger partial charge in [-0.25, -0.2) is 9.37 Å². The largest absolute Gasteiger partial charge is 0.397 e. The fourth-order valence-electron chi connectivity index (χ4n) is 2.73. The third-order valence-corrected chi connectivity index (χ3v) is 5.48. The average molecular weight is 485 g/mol. The zero-order chi connectivity index (χ0) is 18.9. The first-order valence-corrected chi connectivity index (χ1v) is 9.85. The Bertz CT molecular complexity index is 907. The highest BCUT2D eigenvalue weighted by Gasteiger charge is 2.32. The Morgan fingerprint density at radius 1 is 1.38 bits per heavy atom. The normalized spacial score (nSPS) is 19.7. The Morgan fingerprint density at radius 3 is 2.85 bits per heavy atom. The fourth-order valence-corrected chi connectivity index (χ4v) is 4.18. The summed E-state index contributed by atoms with van der Waals surface area (Å²) in [5.74, 6) is -0.0880. The van der Waals surface area contributed by atoms with Gasteiger partial charge in [-0.05, 0) is 60.2 Å². The molecule has 0 saturated carbocycles. The molecule has 1 atom stereocenters. The molecule has 136 valence electrons. The zero-order valence-electron chi connectivity index (χ0n) is 13.9. The molecular formula is C17H17FIN5OS. The molecule has 2 aromatic rings. The minimum Gasteiger partial charge on any atom is -0.397 e. The summed E-state index contributed by atoms with van der Waals surface area (Å²) in [6.45, 7) is 1.84. The maximum atomic E-state index is 14.4. The molecule has 1 amide bonds. The van der Waals surface area contributed by atoms with Crippen LogP contribution in [-0.2, 0) is 5.54 Å². The van der Waals surface area contributed by atoms with Crippen molar-refractivity contribution in [3.8, 4) is 0 Å². The number of hydrogen-bond acceptors (Lipinski definition) is 6. The number of nitrogens with two attached hydrogens (primary N) is 2. The van der Waals surface area contributed by atoms with E-state index in [4.69, 9.17) is 11.5 Å². The summed E-state index contributed by atoms with van der Waals surface area (Å²) in [5, 5.41) is 3.15. The van der Waals surface area contributed by atoms with E-state index in [9.17, 15) is 9.18 Å². The molecule has 1 aromatic carbocycles. The minimum absolute atomic E-state index is 0.124. The molecule has 9 heteroatoms. The number of thioether (sulfide) groups is 1. The standard InChI is InChI=1S/C17H17FIN5OS/c1-17(4-5-26-16(21)24-17)11-7-10(2-3-12(11)18)23-15(25)14-13(20)6-9(19)8-22-14/h2-3,6-8H,4-5,20H2,1H3,(H2,21,24)(H,23,25). The van der Waals surface area contributed by atoms with Gasteiger partial charge in [-0.3, -0.25) is 9.79 Å². The molecule has 0 aliphatic carbocycles. The molecule has 0 saturated heterocycles. The molecule has 0 bridgehead atoms. The summed E-state index contributed by atoms with van der Waals surface area (Å²) < 4.78 is 15.3. The van der Waals surface area contributed by atoms with Gasteiger partial charge in [-0.1, -0.05) is 11.8 Å². The highest BCUT2D eigenvalue weighted by atomic mass is 127. The molecule has 3 rings (SSSR count). The highest BCUT2D eigenvalue weighted by Crippen LogP contribution is 2.37. The van der Waals surface area contributed by atoms with E-state index in [1.165, 1.54) is 23.9 Å². The Morgan fingerprint density at radius 2 is 2.15 bits per heavy atom. The van der Waals surface area contributed by atoms with Gasteiger partial charge in [0.05, 0.1) is 11.2 Å². The van der Waals surface area contributed by atoms with Crippen LogP contribution in [0.2, 0.25) is 0 Å². The summed E-state index contributed by atoms with van der Waals surface area (Å²) >= 11 is 3.51. The van der Waals surface area contributed by atoms with E-state index >= 15 is 0 Å². The van der Waals surface area contributed by atoms with E-state index in [1.54, 1.807) is 18.3 Å². The molecule has 0 spiro atoms. The molecule has 1 aliphatic rings. The number of aliphatic imine (C=N–C) groups is 1. The Hall–Kier alpha value is -1.88. The lowest BCUT2D eigenvalue weighted by atomic mass is 9.89. The van der Waals surface area contributed by atoms with Gasteiger partial charge in [0.1, 0.15) is 5.82 Å². The first kappa shape index (κ1) is 18.9. The summed E-state index contributed by atoms with van der Waals surface area (Å²) in [6, 6.07) is 6.06. The van der Waals surface area contributed by atoms with Crippen molar-refractivity contribution in [2.24, 2.45) is 10.7 Å². The highest BCUT2D eigenvalue weighted by molar-refractivity contribution is 14.1. The molecule has 5 N–H and O–H groups in total. The monoisotopic (exact) mass is 485 g/mol. The molecular weight excluding hydrogens is 468 g/mol. The van der Waals surface area contributed by atoms with Crippen LogP contribution in [0.3, 0.4) is 0 Å². The second kappa shape index (κ2) is 7.39. The minimum atomic E-state index is -0.764. The zero-order valence-corrected chi connectivity index (χ0v) is 16.9. The van der Waals surface area contributed by atoms with E-state index in [0.29, 0.717) is 22.8 Å². The molecule has 2 heterocycles.